The molecule has 0 bridgehead atoms. The molecule has 1 heterocycles. The second-order valence-corrected chi connectivity index (χ2v) is 6.14. The first-order valence-electron chi connectivity index (χ1n) is 5.81. The van der Waals surface area contributed by atoms with Crippen molar-refractivity contribution in [3.63, 3.8) is 0 Å². The monoisotopic (exact) mass is 228 g/mol. The third kappa shape index (κ3) is 3.37. The normalized spacial score (nSPS) is 22.0. The molecule has 1 fully saturated rings. The molecule has 0 unspecified atom stereocenters. The molecule has 0 aromatic rings. The van der Waals surface area contributed by atoms with Gasteiger partial charge in [0.2, 0.25) is 0 Å². The summed E-state index contributed by atoms with van der Waals surface area (Å²) in [6.07, 6.45) is -0.200. The summed E-state index contributed by atoms with van der Waals surface area (Å²) in [6, 6.07) is 0. The fourth-order valence-electron chi connectivity index (χ4n) is 1.72. The Labute approximate surface area is 98.5 Å². The predicted molar refractivity (Wildman–Crippen MR) is 64.5 cm³/mol. The van der Waals surface area contributed by atoms with Crippen LogP contribution in [0.5, 0.6) is 0 Å². The molecular formula is C12H24N2O2. The van der Waals surface area contributed by atoms with Crippen LogP contribution in [0.3, 0.4) is 0 Å². The van der Waals surface area contributed by atoms with Gasteiger partial charge >= 0.3 is 6.09 Å². The number of ether oxygens (including phenoxy) is 1. The fourth-order valence-corrected chi connectivity index (χ4v) is 1.72. The van der Waals surface area contributed by atoms with Gasteiger partial charge in [-0.15, -0.1) is 0 Å². The van der Waals surface area contributed by atoms with E-state index < -0.39 is 5.60 Å². The molecule has 0 N–H and O–H groups in total. The summed E-state index contributed by atoms with van der Waals surface area (Å²) in [5, 5.41) is 0. The summed E-state index contributed by atoms with van der Waals surface area (Å²) in [5.41, 5.74) is -0.389. The summed E-state index contributed by atoms with van der Waals surface area (Å²) in [5.74, 6) is 0. The second-order valence-electron chi connectivity index (χ2n) is 6.14. The van der Waals surface area contributed by atoms with Crippen LogP contribution in [0.1, 0.15) is 34.6 Å². The van der Waals surface area contributed by atoms with Crippen molar-refractivity contribution in [2.24, 2.45) is 0 Å². The Morgan fingerprint density at radius 2 is 1.81 bits per heavy atom. The molecule has 0 saturated carbocycles. The van der Waals surface area contributed by atoms with E-state index in [1.165, 1.54) is 0 Å². The van der Waals surface area contributed by atoms with Crippen LogP contribution in [-0.2, 0) is 4.74 Å². The molecular weight excluding hydrogens is 204 g/mol. The molecule has 1 saturated heterocycles. The van der Waals surface area contributed by atoms with E-state index in [9.17, 15) is 4.79 Å². The van der Waals surface area contributed by atoms with Crippen molar-refractivity contribution in [1.82, 2.24) is 9.80 Å². The second kappa shape index (κ2) is 4.24. The highest BCUT2D eigenvalue weighted by molar-refractivity contribution is 5.68. The molecule has 0 aromatic heterocycles. The molecule has 16 heavy (non-hydrogen) atoms. The largest absolute Gasteiger partial charge is 0.444 e. The van der Waals surface area contributed by atoms with Gasteiger partial charge in [0, 0.05) is 25.2 Å². The summed E-state index contributed by atoms with van der Waals surface area (Å²) in [6.45, 7) is 12.3. The molecule has 0 aliphatic carbocycles. The number of amides is 1. The molecule has 1 rings (SSSR count). The van der Waals surface area contributed by atoms with E-state index in [1.807, 2.05) is 20.8 Å². The lowest BCUT2D eigenvalue weighted by atomic mass is 10.0. The zero-order valence-electron chi connectivity index (χ0n) is 11.3. The van der Waals surface area contributed by atoms with E-state index in [2.05, 4.69) is 25.8 Å². The zero-order valence-corrected chi connectivity index (χ0v) is 11.3. The van der Waals surface area contributed by atoms with E-state index >= 15 is 0 Å². The maximum atomic E-state index is 11.9. The number of hydrogen-bond donors (Lipinski definition) is 0. The molecule has 1 aliphatic rings. The Hall–Kier alpha value is -0.770. The van der Waals surface area contributed by atoms with Gasteiger partial charge in [0.25, 0.3) is 0 Å². The average Bonchev–Trinajstić information content (AvgIpc) is 2.06. The summed E-state index contributed by atoms with van der Waals surface area (Å²) in [7, 11) is 2.09. The molecule has 1 aliphatic heterocycles. The summed E-state index contributed by atoms with van der Waals surface area (Å²) >= 11 is 0. The van der Waals surface area contributed by atoms with Gasteiger partial charge < -0.3 is 9.64 Å². The Balaban J connectivity index is 2.60. The minimum Gasteiger partial charge on any atom is -0.444 e. The van der Waals surface area contributed by atoms with Crippen molar-refractivity contribution in [2.45, 2.75) is 45.8 Å². The van der Waals surface area contributed by atoms with Crippen LogP contribution < -0.4 is 0 Å². The van der Waals surface area contributed by atoms with Crippen molar-refractivity contribution < 1.29 is 9.53 Å². The van der Waals surface area contributed by atoms with Crippen LogP contribution in [-0.4, -0.2) is 53.7 Å². The van der Waals surface area contributed by atoms with E-state index in [4.69, 9.17) is 4.74 Å². The van der Waals surface area contributed by atoms with Crippen LogP contribution in [0.4, 0.5) is 4.79 Å². The van der Waals surface area contributed by atoms with Gasteiger partial charge in [-0.1, -0.05) is 0 Å². The molecule has 0 aromatic carbocycles. The maximum Gasteiger partial charge on any atom is 0.410 e. The first kappa shape index (κ1) is 13.3. The minimum atomic E-state index is -0.412. The standard InChI is InChI=1S/C12H24N2O2/c1-11(2,3)16-10(15)14-8-7-13(6)12(4,5)9-14/h7-9H2,1-6H3. The Morgan fingerprint density at radius 1 is 1.25 bits per heavy atom. The van der Waals surface area contributed by atoms with Crippen LogP contribution in [0, 0.1) is 0 Å². The summed E-state index contributed by atoms with van der Waals surface area (Å²) < 4.78 is 5.37. The first-order valence-corrected chi connectivity index (χ1v) is 5.81. The highest BCUT2D eigenvalue weighted by atomic mass is 16.6. The van der Waals surface area contributed by atoms with Crippen LogP contribution >= 0.6 is 0 Å². The Kier molecular flexibility index (Phi) is 3.53. The van der Waals surface area contributed by atoms with Crippen molar-refractivity contribution >= 4 is 6.09 Å². The van der Waals surface area contributed by atoms with Gasteiger partial charge in [-0.05, 0) is 41.7 Å². The van der Waals surface area contributed by atoms with Crippen LogP contribution in [0.2, 0.25) is 0 Å². The molecule has 0 radical (unpaired) electrons. The Morgan fingerprint density at radius 3 is 2.25 bits per heavy atom. The maximum absolute atomic E-state index is 11.9. The molecule has 4 nitrogen and oxygen atoms in total. The lowest BCUT2D eigenvalue weighted by Crippen LogP contribution is -2.59. The van der Waals surface area contributed by atoms with Gasteiger partial charge in [-0.25, -0.2) is 4.79 Å². The lowest BCUT2D eigenvalue weighted by molar-refractivity contribution is -0.00758. The van der Waals surface area contributed by atoms with Crippen LogP contribution in [0.25, 0.3) is 0 Å². The number of hydrogen-bond acceptors (Lipinski definition) is 3. The number of carbonyl (C=O) groups excluding carboxylic acids is 1. The van der Waals surface area contributed by atoms with Crippen molar-refractivity contribution in [1.29, 1.82) is 0 Å². The highest BCUT2D eigenvalue weighted by Crippen LogP contribution is 2.20. The highest BCUT2D eigenvalue weighted by Gasteiger charge is 2.34. The smallest absolute Gasteiger partial charge is 0.410 e. The molecule has 0 atom stereocenters. The van der Waals surface area contributed by atoms with E-state index in [0.29, 0.717) is 0 Å². The minimum absolute atomic E-state index is 0.0230. The Bertz CT molecular complexity index is 269. The number of rotatable bonds is 0. The summed E-state index contributed by atoms with van der Waals surface area (Å²) in [4.78, 5) is 16.0. The van der Waals surface area contributed by atoms with Crippen molar-refractivity contribution in [3.8, 4) is 0 Å². The topological polar surface area (TPSA) is 32.8 Å². The quantitative estimate of drug-likeness (QED) is 0.635. The van der Waals surface area contributed by atoms with Crippen molar-refractivity contribution in [3.05, 3.63) is 0 Å². The third-order valence-electron chi connectivity index (χ3n) is 2.97. The van der Waals surface area contributed by atoms with Gasteiger partial charge in [-0.2, -0.15) is 0 Å². The van der Waals surface area contributed by atoms with E-state index in [1.54, 1.807) is 4.90 Å². The number of piperazine rings is 1. The first-order chi connectivity index (χ1) is 7.12. The third-order valence-corrected chi connectivity index (χ3v) is 2.97. The number of carbonyl (C=O) groups is 1. The van der Waals surface area contributed by atoms with E-state index in [0.717, 1.165) is 19.6 Å². The van der Waals surface area contributed by atoms with Gasteiger partial charge in [0.1, 0.15) is 5.60 Å². The molecule has 94 valence electrons. The zero-order chi connectivity index (χ0) is 12.6. The fraction of sp³-hybridized carbons (Fsp3) is 0.917. The number of likely N-dealkylation sites (N-methyl/N-ethyl adjacent to an activating group) is 1. The molecule has 1 amide bonds. The SMILES string of the molecule is CN1CCN(C(=O)OC(C)(C)C)CC1(C)C. The predicted octanol–water partition coefficient (Wildman–Crippen LogP) is 1.95. The van der Waals surface area contributed by atoms with Gasteiger partial charge in [-0.3, -0.25) is 4.90 Å². The number of nitrogens with zero attached hydrogens (tertiary/aromatic N) is 2. The van der Waals surface area contributed by atoms with Gasteiger partial charge in [0.15, 0.2) is 0 Å². The molecule has 4 heteroatoms. The average molecular weight is 228 g/mol. The van der Waals surface area contributed by atoms with Crippen molar-refractivity contribution in [2.75, 3.05) is 26.7 Å². The van der Waals surface area contributed by atoms with E-state index in [-0.39, 0.29) is 11.6 Å². The molecule has 0 spiro atoms. The lowest BCUT2D eigenvalue weighted by Gasteiger charge is -2.45. The van der Waals surface area contributed by atoms with Gasteiger partial charge in [0.05, 0.1) is 0 Å². The van der Waals surface area contributed by atoms with Crippen LogP contribution in [0.15, 0.2) is 0 Å².